The summed E-state index contributed by atoms with van der Waals surface area (Å²) in [5, 5.41) is 0. The lowest BCUT2D eigenvalue weighted by Crippen LogP contribution is -3.00. The highest BCUT2D eigenvalue weighted by atomic mass is 35.5. The van der Waals surface area contributed by atoms with Crippen LogP contribution in [-0.4, -0.2) is 4.98 Å². The van der Waals surface area contributed by atoms with E-state index < -0.39 is 29.2 Å². The van der Waals surface area contributed by atoms with Crippen LogP contribution in [0, 0.1) is 23.5 Å². The third-order valence-electron chi connectivity index (χ3n) is 1.95. The normalized spacial score (nSPS) is 9.33. The van der Waals surface area contributed by atoms with Gasteiger partial charge in [-0.2, -0.15) is 27.1 Å². The number of nitrogens with zero attached hydrogens (tertiary/aromatic N) is 2. The molecule has 0 aliphatic heterocycles. The van der Waals surface area contributed by atoms with Crippen molar-refractivity contribution in [2.24, 2.45) is 0 Å². The highest BCUT2D eigenvalue weighted by molar-refractivity contribution is 5.85. The van der Waals surface area contributed by atoms with Crippen molar-refractivity contribution in [2.75, 3.05) is 0 Å². The van der Waals surface area contributed by atoms with E-state index in [4.69, 9.17) is 0 Å². The van der Waals surface area contributed by atoms with E-state index in [-0.39, 0.29) is 24.8 Å². The zero-order valence-corrected chi connectivity index (χ0v) is 10.2. The highest BCUT2D eigenvalue weighted by Gasteiger charge is 2.27. The quantitative estimate of drug-likeness (QED) is 0.388. The molecule has 2 aromatic rings. The van der Waals surface area contributed by atoms with Crippen LogP contribution in [-0.2, 0) is 0 Å². The van der Waals surface area contributed by atoms with Crippen molar-refractivity contribution in [3.05, 3.63) is 54.1 Å². The summed E-state index contributed by atoms with van der Waals surface area (Å²) in [7, 11) is 0. The molecule has 0 bridgehead atoms. The molecule has 2 rings (SSSR count). The first-order valence-electron chi connectivity index (χ1n) is 4.28. The molecule has 2 nitrogen and oxygen atoms in total. The van der Waals surface area contributed by atoms with E-state index in [2.05, 4.69) is 4.98 Å². The van der Waals surface area contributed by atoms with Gasteiger partial charge in [0.15, 0.2) is 12.4 Å². The predicted molar refractivity (Wildman–Crippen MR) is 52.8 cm³/mol. The topological polar surface area (TPSA) is 16.8 Å². The molecule has 8 heteroatoms. The van der Waals surface area contributed by atoms with Crippen molar-refractivity contribution in [3.8, 4) is 5.69 Å². The average Bonchev–Trinajstić information content (AvgIpc) is 2.28. The summed E-state index contributed by atoms with van der Waals surface area (Å²) < 4.78 is 53.1. The van der Waals surface area contributed by atoms with Crippen LogP contribution in [0.3, 0.4) is 0 Å². The van der Waals surface area contributed by atoms with Gasteiger partial charge in [-0.15, -0.1) is 12.4 Å². The van der Waals surface area contributed by atoms with E-state index >= 15 is 0 Å². The highest BCUT2D eigenvalue weighted by Crippen LogP contribution is 2.16. The van der Waals surface area contributed by atoms with E-state index in [0.29, 0.717) is 0 Å². The first kappa shape index (κ1) is 16.6. The fourth-order valence-electron chi connectivity index (χ4n) is 1.25. The SMILES string of the molecule is Cl.Fc1nc(F)c(F)c(-[n+]2ccccc2)c1F.[Cl-]. The van der Waals surface area contributed by atoms with Gasteiger partial charge in [-0.05, 0) is 0 Å². The second kappa shape index (κ2) is 6.51. The second-order valence-electron chi connectivity index (χ2n) is 2.95. The molecule has 0 atom stereocenters. The minimum absolute atomic E-state index is 0. The molecular weight excluding hydrogens is 295 g/mol. The third-order valence-corrected chi connectivity index (χ3v) is 1.95. The van der Waals surface area contributed by atoms with Crippen molar-refractivity contribution in [3.63, 3.8) is 0 Å². The molecule has 0 spiro atoms. The van der Waals surface area contributed by atoms with Gasteiger partial charge in [0.1, 0.15) is 0 Å². The molecule has 0 N–H and O–H groups in total. The van der Waals surface area contributed by atoms with Gasteiger partial charge in [-0.25, -0.2) is 0 Å². The van der Waals surface area contributed by atoms with Gasteiger partial charge >= 0.3 is 0 Å². The van der Waals surface area contributed by atoms with E-state index in [1.165, 1.54) is 24.5 Å². The number of hydrogen-bond donors (Lipinski definition) is 0. The van der Waals surface area contributed by atoms with Crippen LogP contribution in [0.2, 0.25) is 0 Å². The van der Waals surface area contributed by atoms with E-state index in [0.717, 1.165) is 4.57 Å². The van der Waals surface area contributed by atoms with E-state index in [1.807, 2.05) is 0 Å². The molecule has 0 fully saturated rings. The van der Waals surface area contributed by atoms with Crippen molar-refractivity contribution in [1.29, 1.82) is 0 Å². The molecule has 0 radical (unpaired) electrons. The van der Waals surface area contributed by atoms with Crippen LogP contribution >= 0.6 is 12.4 Å². The van der Waals surface area contributed by atoms with Crippen molar-refractivity contribution in [1.82, 2.24) is 4.98 Å². The van der Waals surface area contributed by atoms with Crippen molar-refractivity contribution >= 4 is 12.4 Å². The van der Waals surface area contributed by atoms with Gasteiger partial charge in [-0.3, -0.25) is 0 Å². The van der Waals surface area contributed by atoms with Crippen LogP contribution in [0.5, 0.6) is 0 Å². The number of hydrogen-bond acceptors (Lipinski definition) is 1. The largest absolute Gasteiger partial charge is 1.00 e. The molecule has 0 aliphatic carbocycles. The first-order valence-corrected chi connectivity index (χ1v) is 4.28. The van der Waals surface area contributed by atoms with Crippen LogP contribution in [0.15, 0.2) is 30.6 Å². The number of rotatable bonds is 1. The minimum atomic E-state index is -1.68. The van der Waals surface area contributed by atoms with Crippen molar-refractivity contribution < 1.29 is 34.5 Å². The molecule has 0 saturated heterocycles. The fourth-order valence-corrected chi connectivity index (χ4v) is 1.25. The Labute approximate surface area is 112 Å². The predicted octanol–water partition coefficient (Wildman–Crippen LogP) is -0.660. The Balaban J connectivity index is 0.00000144. The second-order valence-corrected chi connectivity index (χ2v) is 2.95. The summed E-state index contributed by atoms with van der Waals surface area (Å²) in [5.41, 5.74) is -0.828. The van der Waals surface area contributed by atoms with Gasteiger partial charge in [0.25, 0.3) is 29.2 Å². The summed E-state index contributed by atoms with van der Waals surface area (Å²) in [6.45, 7) is 0. The molecule has 0 saturated carbocycles. The van der Waals surface area contributed by atoms with Crippen molar-refractivity contribution in [2.45, 2.75) is 0 Å². The molecule has 98 valence electrons. The summed E-state index contributed by atoms with van der Waals surface area (Å²) in [6, 6.07) is 4.53. The lowest BCUT2D eigenvalue weighted by Gasteiger charge is -2.00. The Kier molecular flexibility index (Phi) is 6.00. The lowest BCUT2D eigenvalue weighted by atomic mass is 10.3. The molecule has 0 aromatic carbocycles. The maximum absolute atomic E-state index is 13.3. The summed E-state index contributed by atoms with van der Waals surface area (Å²) in [5.74, 6) is -6.42. The molecule has 0 unspecified atom stereocenters. The van der Waals surface area contributed by atoms with Crippen LogP contribution < -0.4 is 17.0 Å². The number of halogens is 6. The molecular formula is C10H6Cl2F4N2. The standard InChI is InChI=1S/C10H5F4N2.2ClH/c11-6-8(16-4-2-1-3-5-16)7(12)10(14)15-9(6)13;;/h1-5H;2*1H/q+1;;/p-1. The van der Waals surface area contributed by atoms with E-state index in [1.54, 1.807) is 6.07 Å². The van der Waals surface area contributed by atoms with Crippen LogP contribution in [0.25, 0.3) is 5.69 Å². The van der Waals surface area contributed by atoms with Crippen LogP contribution in [0.1, 0.15) is 0 Å². The van der Waals surface area contributed by atoms with Crippen LogP contribution in [0.4, 0.5) is 17.6 Å². The average molecular weight is 301 g/mol. The third kappa shape index (κ3) is 2.88. The van der Waals surface area contributed by atoms with Gasteiger partial charge in [0.05, 0.1) is 0 Å². The van der Waals surface area contributed by atoms with Gasteiger partial charge in [0.2, 0.25) is 0 Å². The minimum Gasteiger partial charge on any atom is -1.00 e. The fraction of sp³-hybridized carbons (Fsp3) is 0. The maximum atomic E-state index is 13.3. The first-order chi connectivity index (χ1) is 7.61. The smallest absolute Gasteiger partial charge is 0.292 e. The summed E-state index contributed by atoms with van der Waals surface area (Å²) in [6.07, 6.45) is 2.53. The summed E-state index contributed by atoms with van der Waals surface area (Å²) >= 11 is 0. The summed E-state index contributed by atoms with van der Waals surface area (Å²) in [4.78, 5) is 2.46. The van der Waals surface area contributed by atoms with E-state index in [9.17, 15) is 17.6 Å². The number of pyridine rings is 2. The van der Waals surface area contributed by atoms with Gasteiger partial charge < -0.3 is 12.4 Å². The Morgan fingerprint density at radius 1 is 0.833 bits per heavy atom. The zero-order valence-electron chi connectivity index (χ0n) is 8.58. The molecule has 2 aromatic heterocycles. The Bertz CT molecular complexity index is 511. The maximum Gasteiger partial charge on any atom is 0.292 e. The van der Waals surface area contributed by atoms with Gasteiger partial charge in [0, 0.05) is 12.1 Å². The zero-order chi connectivity index (χ0) is 11.7. The monoisotopic (exact) mass is 300 g/mol. The number of aromatic nitrogens is 2. The Morgan fingerprint density at radius 3 is 1.72 bits per heavy atom. The molecule has 2 heterocycles. The Morgan fingerprint density at radius 2 is 1.28 bits per heavy atom. The molecule has 0 amide bonds. The molecule has 0 aliphatic rings. The Hall–Kier alpha value is -1.40. The lowest BCUT2D eigenvalue weighted by molar-refractivity contribution is -0.600. The van der Waals surface area contributed by atoms with Gasteiger partial charge in [-0.1, -0.05) is 6.07 Å². The molecule has 18 heavy (non-hydrogen) atoms.